The molecule has 0 N–H and O–H groups in total. The number of likely N-dealkylation sites (N-methyl/N-ethyl adjacent to an activating group) is 1. The van der Waals surface area contributed by atoms with Crippen molar-refractivity contribution >= 4 is 21.6 Å². The van der Waals surface area contributed by atoms with E-state index in [2.05, 4.69) is 0 Å². The van der Waals surface area contributed by atoms with Crippen molar-refractivity contribution in [2.45, 2.75) is 20.8 Å². The summed E-state index contributed by atoms with van der Waals surface area (Å²) in [6.45, 7) is 5.09. The van der Waals surface area contributed by atoms with E-state index in [1.54, 1.807) is 32.2 Å². The SMILES string of the molecule is C/C=C(\C)S(=O)(=O)N(CC(=O)N(C)CC)c1cc(OC)ccc1OC. The summed E-state index contributed by atoms with van der Waals surface area (Å²) in [5.74, 6) is 0.477. The molecule has 0 aliphatic rings. The Hall–Kier alpha value is -2.22. The summed E-state index contributed by atoms with van der Waals surface area (Å²) < 4.78 is 37.5. The number of anilines is 1. The van der Waals surface area contributed by atoms with Gasteiger partial charge in [0.25, 0.3) is 10.0 Å². The molecule has 140 valence electrons. The van der Waals surface area contributed by atoms with Crippen LogP contribution in [0.4, 0.5) is 5.69 Å². The first kappa shape index (κ1) is 20.8. The first-order valence-corrected chi connectivity index (χ1v) is 9.28. The van der Waals surface area contributed by atoms with Gasteiger partial charge in [-0.1, -0.05) is 6.08 Å². The fourth-order valence-corrected chi connectivity index (χ4v) is 3.36. The smallest absolute Gasteiger partial charge is 0.260 e. The Bertz CT molecular complexity index is 743. The predicted molar refractivity (Wildman–Crippen MR) is 98.6 cm³/mol. The van der Waals surface area contributed by atoms with Gasteiger partial charge in [-0.05, 0) is 32.9 Å². The Morgan fingerprint density at radius 1 is 1.24 bits per heavy atom. The Kier molecular flexibility index (Phi) is 7.29. The number of amides is 1. The average Bonchev–Trinajstić information content (AvgIpc) is 2.63. The molecule has 0 bridgehead atoms. The molecule has 25 heavy (non-hydrogen) atoms. The summed E-state index contributed by atoms with van der Waals surface area (Å²) in [6.07, 6.45) is 1.49. The second-order valence-electron chi connectivity index (χ2n) is 5.36. The Balaban J connectivity index is 3.54. The molecule has 0 unspecified atom stereocenters. The quantitative estimate of drug-likeness (QED) is 0.701. The van der Waals surface area contributed by atoms with Crippen LogP contribution in [-0.4, -0.2) is 53.6 Å². The molecule has 0 fully saturated rings. The van der Waals surface area contributed by atoms with E-state index in [0.717, 1.165) is 4.31 Å². The van der Waals surface area contributed by atoms with Crippen LogP contribution in [0.1, 0.15) is 20.8 Å². The van der Waals surface area contributed by atoms with Gasteiger partial charge in [-0.15, -0.1) is 0 Å². The molecule has 1 aromatic rings. The zero-order valence-electron chi connectivity index (χ0n) is 15.6. The Labute approximate surface area is 149 Å². The summed E-state index contributed by atoms with van der Waals surface area (Å²) >= 11 is 0. The molecule has 0 saturated heterocycles. The van der Waals surface area contributed by atoms with E-state index in [1.165, 1.54) is 32.1 Å². The minimum atomic E-state index is -3.89. The Morgan fingerprint density at radius 2 is 1.88 bits per heavy atom. The largest absolute Gasteiger partial charge is 0.497 e. The maximum Gasteiger partial charge on any atom is 0.260 e. The molecule has 0 saturated carbocycles. The fourth-order valence-electron chi connectivity index (χ4n) is 2.03. The number of methoxy groups -OCH3 is 2. The van der Waals surface area contributed by atoms with Crippen molar-refractivity contribution in [2.75, 3.05) is 38.7 Å². The lowest BCUT2D eigenvalue weighted by Gasteiger charge is -2.27. The van der Waals surface area contributed by atoms with Gasteiger partial charge in [-0.2, -0.15) is 0 Å². The van der Waals surface area contributed by atoms with Crippen LogP contribution in [0.2, 0.25) is 0 Å². The van der Waals surface area contributed by atoms with E-state index in [0.29, 0.717) is 18.0 Å². The van der Waals surface area contributed by atoms with Gasteiger partial charge in [0.2, 0.25) is 5.91 Å². The number of nitrogens with zero attached hydrogens (tertiary/aromatic N) is 2. The van der Waals surface area contributed by atoms with Crippen LogP contribution in [0.15, 0.2) is 29.2 Å². The van der Waals surface area contributed by atoms with Gasteiger partial charge in [0.05, 0.1) is 24.8 Å². The highest BCUT2D eigenvalue weighted by molar-refractivity contribution is 7.96. The lowest BCUT2D eigenvalue weighted by molar-refractivity contribution is -0.128. The van der Waals surface area contributed by atoms with Gasteiger partial charge >= 0.3 is 0 Å². The topological polar surface area (TPSA) is 76.2 Å². The van der Waals surface area contributed by atoms with Crippen molar-refractivity contribution in [2.24, 2.45) is 0 Å². The molecule has 1 rings (SSSR count). The van der Waals surface area contributed by atoms with Crippen molar-refractivity contribution in [3.8, 4) is 11.5 Å². The Morgan fingerprint density at radius 3 is 2.36 bits per heavy atom. The number of ether oxygens (including phenoxy) is 2. The molecule has 1 aromatic carbocycles. The first-order chi connectivity index (χ1) is 11.7. The third-order valence-electron chi connectivity index (χ3n) is 3.94. The van der Waals surface area contributed by atoms with Crippen LogP contribution in [-0.2, 0) is 14.8 Å². The van der Waals surface area contributed by atoms with Crippen molar-refractivity contribution in [3.63, 3.8) is 0 Å². The van der Waals surface area contributed by atoms with E-state index < -0.39 is 10.0 Å². The van der Waals surface area contributed by atoms with Crippen LogP contribution < -0.4 is 13.8 Å². The number of sulfonamides is 1. The molecule has 0 spiro atoms. The highest BCUT2D eigenvalue weighted by atomic mass is 32.2. The number of carbonyl (C=O) groups excluding carboxylic acids is 1. The van der Waals surface area contributed by atoms with Gasteiger partial charge in [0, 0.05) is 19.7 Å². The van der Waals surface area contributed by atoms with Gasteiger partial charge in [0.15, 0.2) is 0 Å². The van der Waals surface area contributed by atoms with Crippen LogP contribution in [0.5, 0.6) is 11.5 Å². The highest BCUT2D eigenvalue weighted by Crippen LogP contribution is 2.35. The lowest BCUT2D eigenvalue weighted by Crippen LogP contribution is -2.42. The molecule has 1 amide bonds. The number of rotatable bonds is 8. The van der Waals surface area contributed by atoms with Crippen LogP contribution >= 0.6 is 0 Å². The summed E-state index contributed by atoms with van der Waals surface area (Å²) in [4.78, 5) is 14.0. The van der Waals surface area contributed by atoms with Gasteiger partial charge in [0.1, 0.15) is 18.0 Å². The van der Waals surface area contributed by atoms with Crippen molar-refractivity contribution in [3.05, 3.63) is 29.2 Å². The number of benzene rings is 1. The first-order valence-electron chi connectivity index (χ1n) is 7.84. The number of carbonyl (C=O) groups is 1. The van der Waals surface area contributed by atoms with E-state index in [-0.39, 0.29) is 23.0 Å². The average molecular weight is 370 g/mol. The lowest BCUT2D eigenvalue weighted by atomic mass is 10.2. The van der Waals surface area contributed by atoms with E-state index >= 15 is 0 Å². The molecule has 0 aliphatic heterocycles. The minimum Gasteiger partial charge on any atom is -0.497 e. The fraction of sp³-hybridized carbons (Fsp3) is 0.471. The zero-order valence-corrected chi connectivity index (χ0v) is 16.4. The minimum absolute atomic E-state index is 0.143. The van der Waals surface area contributed by atoms with Crippen LogP contribution in [0, 0.1) is 0 Å². The van der Waals surface area contributed by atoms with Crippen molar-refractivity contribution in [1.82, 2.24) is 4.90 Å². The second-order valence-corrected chi connectivity index (χ2v) is 7.39. The maximum atomic E-state index is 13.0. The van der Waals surface area contributed by atoms with E-state index in [9.17, 15) is 13.2 Å². The zero-order chi connectivity index (χ0) is 19.2. The van der Waals surface area contributed by atoms with Crippen molar-refractivity contribution < 1.29 is 22.7 Å². The number of allylic oxidation sites excluding steroid dienone is 2. The molecule has 0 heterocycles. The van der Waals surface area contributed by atoms with Gasteiger partial charge in [-0.25, -0.2) is 8.42 Å². The third-order valence-corrected chi connectivity index (χ3v) is 5.89. The molecule has 0 aliphatic carbocycles. The summed E-state index contributed by atoms with van der Waals surface area (Å²) in [5.41, 5.74) is 0.251. The second kappa shape index (κ2) is 8.75. The molecule has 0 aromatic heterocycles. The summed E-state index contributed by atoms with van der Waals surface area (Å²) in [6, 6.07) is 4.81. The third kappa shape index (κ3) is 4.66. The summed E-state index contributed by atoms with van der Waals surface area (Å²) in [5, 5.41) is 0. The van der Waals surface area contributed by atoms with Crippen molar-refractivity contribution in [1.29, 1.82) is 0 Å². The standard InChI is InChI=1S/C17H26N2O5S/c1-7-13(3)25(21,22)19(12-17(20)18(4)8-2)15-11-14(23-5)9-10-16(15)24-6/h7,9-11H,8,12H2,1-6H3/b13-7+. The molecule has 7 nitrogen and oxygen atoms in total. The monoisotopic (exact) mass is 370 g/mol. The van der Waals surface area contributed by atoms with Crippen LogP contribution in [0.3, 0.4) is 0 Å². The number of hydrogen-bond donors (Lipinski definition) is 0. The van der Waals surface area contributed by atoms with E-state index in [4.69, 9.17) is 9.47 Å². The summed E-state index contributed by atoms with van der Waals surface area (Å²) in [7, 11) is 0.663. The van der Waals surface area contributed by atoms with Gasteiger partial charge < -0.3 is 14.4 Å². The molecule has 0 atom stereocenters. The normalized spacial score (nSPS) is 11.8. The molecular weight excluding hydrogens is 344 g/mol. The predicted octanol–water partition coefficient (Wildman–Crippen LogP) is 2.24. The van der Waals surface area contributed by atoms with Crippen LogP contribution in [0.25, 0.3) is 0 Å². The van der Waals surface area contributed by atoms with Gasteiger partial charge in [-0.3, -0.25) is 9.10 Å². The number of hydrogen-bond acceptors (Lipinski definition) is 5. The highest BCUT2D eigenvalue weighted by Gasteiger charge is 2.30. The maximum absolute atomic E-state index is 13.0. The molecule has 0 radical (unpaired) electrons. The molecular formula is C17H26N2O5S. The van der Waals surface area contributed by atoms with E-state index in [1.807, 2.05) is 6.92 Å². The molecule has 8 heteroatoms.